The van der Waals surface area contributed by atoms with Gasteiger partial charge in [-0.05, 0) is 60.4 Å². The van der Waals surface area contributed by atoms with Gasteiger partial charge in [-0.1, -0.05) is 36.4 Å². The van der Waals surface area contributed by atoms with Crippen LogP contribution in [0.3, 0.4) is 0 Å². The molecule has 1 aliphatic rings. The third kappa shape index (κ3) is 4.92. The zero-order valence-corrected chi connectivity index (χ0v) is 19.3. The monoisotopic (exact) mass is 485 g/mol. The number of nitrogens with one attached hydrogen (secondary N) is 1. The van der Waals surface area contributed by atoms with Crippen molar-refractivity contribution in [2.75, 3.05) is 10.8 Å². The second-order valence-electron chi connectivity index (χ2n) is 7.71. The molecule has 172 valence electrons. The van der Waals surface area contributed by atoms with Crippen molar-refractivity contribution in [2.45, 2.75) is 29.2 Å². The molecule has 3 N–H and O–H groups in total. The average Bonchev–Trinajstić information content (AvgIpc) is 2.82. The second-order valence-corrected chi connectivity index (χ2v) is 11.1. The SMILES string of the molecule is NS(=O)(=O)c1cccc(CNC(=O)c2cccc(S(=O)(=O)N3CCCc4ccccc43)c2)c1. The molecule has 0 radical (unpaired) electrons. The Morgan fingerprint density at radius 1 is 0.909 bits per heavy atom. The fourth-order valence-corrected chi connectivity index (χ4v) is 5.96. The average molecular weight is 486 g/mol. The van der Waals surface area contributed by atoms with Crippen LogP contribution < -0.4 is 14.8 Å². The standard InChI is InChI=1S/C23H23N3O5S2/c24-32(28,29)20-10-3-6-17(14-20)16-25-23(27)19-8-4-11-21(15-19)33(30,31)26-13-5-9-18-7-1-2-12-22(18)26/h1-4,6-8,10-12,14-15H,5,9,13,16H2,(H,25,27)(H2,24,28,29). The summed E-state index contributed by atoms with van der Waals surface area (Å²) in [5, 5.41) is 7.83. The number of benzene rings is 3. The number of hydrogen-bond acceptors (Lipinski definition) is 5. The molecule has 0 fully saturated rings. The van der Waals surface area contributed by atoms with Crippen molar-refractivity contribution in [3.8, 4) is 0 Å². The van der Waals surface area contributed by atoms with Gasteiger partial charge in [0.25, 0.3) is 15.9 Å². The molecule has 0 saturated carbocycles. The van der Waals surface area contributed by atoms with E-state index in [9.17, 15) is 21.6 Å². The zero-order chi connectivity index (χ0) is 23.6. The Labute approximate surface area is 193 Å². The van der Waals surface area contributed by atoms with Gasteiger partial charge in [0, 0.05) is 18.7 Å². The predicted octanol–water partition coefficient (Wildman–Crippen LogP) is 2.41. The highest BCUT2D eigenvalue weighted by Crippen LogP contribution is 2.31. The maximum absolute atomic E-state index is 13.4. The van der Waals surface area contributed by atoms with Crippen LogP contribution >= 0.6 is 0 Å². The number of nitrogens with two attached hydrogens (primary N) is 1. The van der Waals surface area contributed by atoms with Crippen molar-refractivity contribution in [1.82, 2.24) is 5.32 Å². The first kappa shape index (κ1) is 23.0. The molecule has 1 aliphatic heterocycles. The molecule has 0 spiro atoms. The number of carbonyl (C=O) groups is 1. The summed E-state index contributed by atoms with van der Waals surface area (Å²) in [4.78, 5) is 12.7. The van der Waals surface area contributed by atoms with Gasteiger partial charge in [0.1, 0.15) is 0 Å². The highest BCUT2D eigenvalue weighted by Gasteiger charge is 2.29. The first-order valence-electron chi connectivity index (χ1n) is 10.3. The van der Waals surface area contributed by atoms with Crippen molar-refractivity contribution < 1.29 is 21.6 Å². The number of carbonyl (C=O) groups excluding carboxylic acids is 1. The molecule has 0 aromatic heterocycles. The lowest BCUT2D eigenvalue weighted by atomic mass is 10.0. The van der Waals surface area contributed by atoms with Crippen LogP contribution in [0.2, 0.25) is 0 Å². The molecule has 8 nitrogen and oxygen atoms in total. The van der Waals surface area contributed by atoms with Crippen molar-refractivity contribution in [2.24, 2.45) is 5.14 Å². The van der Waals surface area contributed by atoms with E-state index in [4.69, 9.17) is 5.14 Å². The molecule has 10 heteroatoms. The number of anilines is 1. The van der Waals surface area contributed by atoms with Gasteiger partial charge in [-0.15, -0.1) is 0 Å². The Balaban J connectivity index is 1.54. The molecule has 33 heavy (non-hydrogen) atoms. The largest absolute Gasteiger partial charge is 0.348 e. The van der Waals surface area contributed by atoms with Crippen molar-refractivity contribution >= 4 is 31.6 Å². The third-order valence-electron chi connectivity index (χ3n) is 5.43. The summed E-state index contributed by atoms with van der Waals surface area (Å²) in [7, 11) is -7.70. The quantitative estimate of drug-likeness (QED) is 0.554. The highest BCUT2D eigenvalue weighted by molar-refractivity contribution is 7.92. The second kappa shape index (κ2) is 8.97. The number of primary sulfonamides is 1. The van der Waals surface area contributed by atoms with Gasteiger partial charge in [0.2, 0.25) is 10.0 Å². The summed E-state index contributed by atoms with van der Waals surface area (Å²) in [6.07, 6.45) is 1.53. The minimum absolute atomic E-state index is 0.0306. The Hall–Kier alpha value is -3.21. The maximum atomic E-state index is 13.4. The maximum Gasteiger partial charge on any atom is 0.264 e. The summed E-state index contributed by atoms with van der Waals surface area (Å²) in [5.41, 5.74) is 2.36. The Morgan fingerprint density at radius 2 is 1.64 bits per heavy atom. The van der Waals surface area contributed by atoms with Crippen LogP contribution in [0, 0.1) is 0 Å². The fourth-order valence-electron chi connectivity index (χ4n) is 3.79. The topological polar surface area (TPSA) is 127 Å². The number of amides is 1. The lowest BCUT2D eigenvalue weighted by Gasteiger charge is -2.30. The number of fused-ring (bicyclic) bond motifs is 1. The number of nitrogens with zero attached hydrogens (tertiary/aromatic N) is 1. The first-order valence-corrected chi connectivity index (χ1v) is 13.3. The minimum atomic E-state index is -3.85. The van der Waals surface area contributed by atoms with Crippen molar-refractivity contribution in [1.29, 1.82) is 0 Å². The van der Waals surface area contributed by atoms with Crippen molar-refractivity contribution in [3.05, 3.63) is 89.5 Å². The van der Waals surface area contributed by atoms with E-state index in [-0.39, 0.29) is 21.9 Å². The fraction of sp³-hybridized carbons (Fsp3) is 0.174. The van der Waals surface area contributed by atoms with E-state index in [1.165, 1.54) is 46.8 Å². The van der Waals surface area contributed by atoms with Gasteiger partial charge in [-0.25, -0.2) is 22.0 Å². The Bertz CT molecular complexity index is 1420. The normalized spacial score (nSPS) is 13.9. The molecular weight excluding hydrogens is 462 g/mol. The smallest absolute Gasteiger partial charge is 0.264 e. The molecule has 0 bridgehead atoms. The Kier molecular flexibility index (Phi) is 6.24. The molecule has 0 atom stereocenters. The third-order valence-corrected chi connectivity index (χ3v) is 8.15. The zero-order valence-electron chi connectivity index (χ0n) is 17.6. The van der Waals surface area contributed by atoms with Crippen LogP contribution in [-0.2, 0) is 33.0 Å². The summed E-state index contributed by atoms with van der Waals surface area (Å²) in [6, 6.07) is 19.2. The van der Waals surface area contributed by atoms with Gasteiger partial charge in [-0.2, -0.15) is 0 Å². The van der Waals surface area contributed by atoms with Gasteiger partial charge < -0.3 is 5.32 Å². The molecule has 1 amide bonds. The van der Waals surface area contributed by atoms with Crippen LogP contribution in [-0.4, -0.2) is 29.3 Å². The van der Waals surface area contributed by atoms with Gasteiger partial charge >= 0.3 is 0 Å². The molecule has 0 saturated heterocycles. The summed E-state index contributed by atoms with van der Waals surface area (Å²) in [5.74, 6) is -0.480. The Morgan fingerprint density at radius 3 is 2.42 bits per heavy atom. The van der Waals surface area contributed by atoms with Crippen LogP contribution in [0.1, 0.15) is 27.9 Å². The molecule has 1 heterocycles. The first-order chi connectivity index (χ1) is 15.7. The number of hydrogen-bond donors (Lipinski definition) is 2. The van der Waals surface area contributed by atoms with Gasteiger partial charge in [-0.3, -0.25) is 9.10 Å². The lowest BCUT2D eigenvalue weighted by molar-refractivity contribution is 0.0950. The summed E-state index contributed by atoms with van der Waals surface area (Å²) >= 11 is 0. The number of para-hydroxylation sites is 1. The number of sulfonamides is 2. The lowest BCUT2D eigenvalue weighted by Crippen LogP contribution is -2.35. The van der Waals surface area contributed by atoms with E-state index < -0.39 is 26.0 Å². The van der Waals surface area contributed by atoms with Gasteiger partial charge in [0.15, 0.2) is 0 Å². The molecular formula is C23H23N3O5S2. The van der Waals surface area contributed by atoms with Crippen LogP contribution in [0.4, 0.5) is 5.69 Å². The molecule has 0 unspecified atom stereocenters. The van der Waals surface area contributed by atoms with Crippen LogP contribution in [0.5, 0.6) is 0 Å². The minimum Gasteiger partial charge on any atom is -0.348 e. The van der Waals surface area contributed by atoms with Crippen molar-refractivity contribution in [3.63, 3.8) is 0 Å². The van der Waals surface area contributed by atoms with E-state index in [2.05, 4.69) is 5.32 Å². The molecule has 0 aliphatic carbocycles. The van der Waals surface area contributed by atoms with E-state index >= 15 is 0 Å². The predicted molar refractivity (Wildman–Crippen MR) is 125 cm³/mol. The van der Waals surface area contributed by atoms with E-state index in [0.717, 1.165) is 12.0 Å². The van der Waals surface area contributed by atoms with E-state index in [1.54, 1.807) is 18.2 Å². The highest BCUT2D eigenvalue weighted by atomic mass is 32.2. The van der Waals surface area contributed by atoms with E-state index in [1.807, 2.05) is 12.1 Å². The number of aryl methyl sites for hydroxylation is 1. The van der Waals surface area contributed by atoms with Gasteiger partial charge in [0.05, 0.1) is 15.5 Å². The molecule has 4 rings (SSSR count). The number of rotatable bonds is 6. The van der Waals surface area contributed by atoms with E-state index in [0.29, 0.717) is 24.2 Å². The summed E-state index contributed by atoms with van der Waals surface area (Å²) < 4.78 is 51.1. The molecule has 3 aromatic carbocycles. The van der Waals surface area contributed by atoms with Crippen LogP contribution in [0.15, 0.2) is 82.6 Å². The summed E-state index contributed by atoms with van der Waals surface area (Å²) in [6.45, 7) is 0.425. The molecule has 3 aromatic rings. The van der Waals surface area contributed by atoms with Crippen LogP contribution in [0.25, 0.3) is 0 Å².